The Morgan fingerprint density at radius 1 is 1.45 bits per heavy atom. The maximum atomic E-state index is 10.3. The molecule has 2 aromatic heterocycles. The van der Waals surface area contributed by atoms with E-state index in [4.69, 9.17) is 4.52 Å². The summed E-state index contributed by atoms with van der Waals surface area (Å²) in [5, 5.41) is 3.52. The number of pyridine rings is 1. The topological polar surface area (TPSA) is 56.0 Å². The van der Waals surface area contributed by atoms with Gasteiger partial charge in [0.1, 0.15) is 11.2 Å². The zero-order valence-electron chi connectivity index (χ0n) is 5.52. The fourth-order valence-electron chi connectivity index (χ4n) is 0.846. The summed E-state index contributed by atoms with van der Waals surface area (Å²) < 4.78 is 4.79. The summed E-state index contributed by atoms with van der Waals surface area (Å²) in [5.41, 5.74) is 1.59. The van der Waals surface area contributed by atoms with Crippen LogP contribution in [0, 0.1) is 0 Å². The van der Waals surface area contributed by atoms with Gasteiger partial charge < -0.3 is 4.52 Å². The highest BCUT2D eigenvalue weighted by molar-refractivity contribution is 5.79. The third-order valence-corrected chi connectivity index (χ3v) is 1.35. The van der Waals surface area contributed by atoms with Crippen molar-refractivity contribution < 1.29 is 9.32 Å². The van der Waals surface area contributed by atoms with E-state index in [1.54, 1.807) is 12.1 Å². The molecule has 0 radical (unpaired) electrons. The summed E-state index contributed by atoms with van der Waals surface area (Å²) in [6.07, 6.45) is 2.16. The Hall–Kier alpha value is -1.71. The van der Waals surface area contributed by atoms with E-state index in [9.17, 15) is 4.79 Å². The van der Waals surface area contributed by atoms with Crippen LogP contribution in [-0.2, 0) is 0 Å². The average Bonchev–Trinajstić information content (AvgIpc) is 2.50. The normalized spacial score (nSPS) is 10.2. The quantitative estimate of drug-likeness (QED) is 0.567. The smallest absolute Gasteiger partial charge is 0.185 e. The molecule has 11 heavy (non-hydrogen) atoms. The van der Waals surface area contributed by atoms with E-state index in [2.05, 4.69) is 10.1 Å². The van der Waals surface area contributed by atoms with Crippen molar-refractivity contribution in [3.8, 4) is 0 Å². The summed E-state index contributed by atoms with van der Waals surface area (Å²) in [7, 11) is 0. The van der Waals surface area contributed by atoms with E-state index in [-0.39, 0.29) is 0 Å². The Morgan fingerprint density at radius 3 is 3.18 bits per heavy atom. The molecule has 0 saturated carbocycles. The molecule has 2 aromatic rings. The number of aromatic nitrogens is 2. The number of carbonyl (C=O) groups excluding carboxylic acids is 1. The number of rotatable bonds is 1. The van der Waals surface area contributed by atoms with Gasteiger partial charge in [-0.15, -0.1) is 0 Å². The second kappa shape index (κ2) is 2.16. The molecule has 0 aliphatic heterocycles. The van der Waals surface area contributed by atoms with Gasteiger partial charge in [0.05, 0.1) is 6.20 Å². The predicted octanol–water partition coefficient (Wildman–Crippen LogP) is 1.04. The third kappa shape index (κ3) is 0.881. The maximum absolute atomic E-state index is 10.3. The molecule has 0 aromatic carbocycles. The van der Waals surface area contributed by atoms with Gasteiger partial charge >= 0.3 is 0 Å². The lowest BCUT2D eigenvalue weighted by Crippen LogP contribution is -1.83. The summed E-state index contributed by atoms with van der Waals surface area (Å²) in [6, 6.07) is 3.25. The zero-order valence-corrected chi connectivity index (χ0v) is 5.52. The van der Waals surface area contributed by atoms with Crippen LogP contribution >= 0.6 is 0 Å². The van der Waals surface area contributed by atoms with Crippen LogP contribution < -0.4 is 0 Å². The van der Waals surface area contributed by atoms with E-state index in [1.807, 2.05) is 0 Å². The number of carbonyl (C=O) groups is 1. The van der Waals surface area contributed by atoms with Crippen molar-refractivity contribution in [2.24, 2.45) is 0 Å². The van der Waals surface area contributed by atoms with E-state index >= 15 is 0 Å². The van der Waals surface area contributed by atoms with Crippen molar-refractivity contribution in [1.29, 1.82) is 0 Å². The second-order valence-electron chi connectivity index (χ2n) is 2.06. The van der Waals surface area contributed by atoms with Crippen molar-refractivity contribution in [2.75, 3.05) is 0 Å². The van der Waals surface area contributed by atoms with Gasteiger partial charge in [0.2, 0.25) is 0 Å². The number of aldehydes is 1. The Bertz CT molecular complexity index is 394. The van der Waals surface area contributed by atoms with E-state index < -0.39 is 0 Å². The Kier molecular flexibility index (Phi) is 1.18. The number of hydrogen-bond donors (Lipinski definition) is 0. The van der Waals surface area contributed by atoms with Gasteiger partial charge in [-0.05, 0) is 12.1 Å². The first-order chi connectivity index (χ1) is 5.40. The lowest BCUT2D eigenvalue weighted by molar-refractivity contribution is 0.111. The molecule has 0 spiro atoms. The van der Waals surface area contributed by atoms with Crippen molar-refractivity contribution in [2.45, 2.75) is 0 Å². The van der Waals surface area contributed by atoms with Gasteiger partial charge in [0.25, 0.3) is 0 Å². The van der Waals surface area contributed by atoms with Crippen molar-refractivity contribution in [1.82, 2.24) is 10.1 Å². The molecule has 0 unspecified atom stereocenters. The number of nitrogens with zero attached hydrogens (tertiary/aromatic N) is 2. The molecular weight excluding hydrogens is 144 g/mol. The van der Waals surface area contributed by atoms with Crippen LogP contribution in [0.4, 0.5) is 0 Å². The maximum Gasteiger partial charge on any atom is 0.185 e. The lowest BCUT2D eigenvalue weighted by atomic mass is 10.3. The van der Waals surface area contributed by atoms with Crippen LogP contribution in [-0.4, -0.2) is 16.4 Å². The van der Waals surface area contributed by atoms with Crippen LogP contribution in [0.15, 0.2) is 22.9 Å². The highest BCUT2D eigenvalue weighted by Gasteiger charge is 1.99. The minimum Gasteiger partial charge on any atom is -0.355 e. The molecule has 0 atom stereocenters. The molecule has 0 fully saturated rings. The van der Waals surface area contributed by atoms with E-state index in [0.29, 0.717) is 23.1 Å². The van der Waals surface area contributed by atoms with Gasteiger partial charge in [0, 0.05) is 0 Å². The Balaban J connectivity index is 2.76. The molecule has 4 nitrogen and oxygen atoms in total. The summed E-state index contributed by atoms with van der Waals surface area (Å²) in [5.74, 6) is 0. The molecule has 2 rings (SSSR count). The van der Waals surface area contributed by atoms with Crippen LogP contribution in [0.2, 0.25) is 0 Å². The van der Waals surface area contributed by atoms with Crippen LogP contribution in [0.1, 0.15) is 10.5 Å². The van der Waals surface area contributed by atoms with Gasteiger partial charge in [0.15, 0.2) is 11.9 Å². The standard InChI is InChI=1S/C7H4N2O2/c10-4-5-1-2-7-6(9-5)3-8-11-7/h1-4H. The van der Waals surface area contributed by atoms with Gasteiger partial charge in [-0.2, -0.15) is 0 Å². The summed E-state index contributed by atoms with van der Waals surface area (Å²) in [6.45, 7) is 0. The fourth-order valence-corrected chi connectivity index (χ4v) is 0.846. The van der Waals surface area contributed by atoms with Gasteiger partial charge in [-0.25, -0.2) is 4.98 Å². The molecule has 0 amide bonds. The first-order valence-corrected chi connectivity index (χ1v) is 3.07. The largest absolute Gasteiger partial charge is 0.355 e. The SMILES string of the molecule is O=Cc1ccc2oncc2n1. The molecule has 0 saturated heterocycles. The highest BCUT2D eigenvalue weighted by Crippen LogP contribution is 2.09. The molecular formula is C7H4N2O2. The highest BCUT2D eigenvalue weighted by atomic mass is 16.5. The van der Waals surface area contributed by atoms with Crippen LogP contribution in [0.25, 0.3) is 11.1 Å². The molecule has 2 heterocycles. The number of fused-ring (bicyclic) bond motifs is 1. The second-order valence-corrected chi connectivity index (χ2v) is 2.06. The molecule has 4 heteroatoms. The average molecular weight is 148 g/mol. The van der Waals surface area contributed by atoms with Crippen LogP contribution in [0.3, 0.4) is 0 Å². The molecule has 0 bridgehead atoms. The van der Waals surface area contributed by atoms with Gasteiger partial charge in [-0.1, -0.05) is 5.16 Å². The number of hydrogen-bond acceptors (Lipinski definition) is 4. The monoisotopic (exact) mass is 148 g/mol. The third-order valence-electron chi connectivity index (χ3n) is 1.35. The summed E-state index contributed by atoms with van der Waals surface area (Å²) in [4.78, 5) is 14.2. The fraction of sp³-hybridized carbons (Fsp3) is 0. The molecule has 0 aliphatic carbocycles. The summed E-state index contributed by atoms with van der Waals surface area (Å²) >= 11 is 0. The minimum absolute atomic E-state index is 0.390. The zero-order chi connectivity index (χ0) is 7.68. The molecule has 0 aliphatic rings. The van der Waals surface area contributed by atoms with Crippen molar-refractivity contribution >= 4 is 17.4 Å². The van der Waals surface area contributed by atoms with E-state index in [0.717, 1.165) is 0 Å². The first kappa shape index (κ1) is 6.03. The van der Waals surface area contributed by atoms with Crippen molar-refractivity contribution in [3.63, 3.8) is 0 Å². The van der Waals surface area contributed by atoms with Gasteiger partial charge in [-0.3, -0.25) is 4.79 Å². The Labute approximate surface area is 61.8 Å². The lowest BCUT2D eigenvalue weighted by Gasteiger charge is -1.86. The molecule has 0 N–H and O–H groups in total. The Morgan fingerprint density at radius 2 is 2.36 bits per heavy atom. The van der Waals surface area contributed by atoms with Crippen molar-refractivity contribution in [3.05, 3.63) is 24.0 Å². The predicted molar refractivity (Wildman–Crippen MR) is 37.2 cm³/mol. The first-order valence-electron chi connectivity index (χ1n) is 3.07. The minimum atomic E-state index is 0.390. The molecule has 54 valence electrons. The van der Waals surface area contributed by atoms with Crippen LogP contribution in [0.5, 0.6) is 0 Å². The van der Waals surface area contributed by atoms with E-state index in [1.165, 1.54) is 6.20 Å².